The van der Waals surface area contributed by atoms with Crippen LogP contribution in [0.5, 0.6) is 0 Å². The number of nitrogens with one attached hydrogen (secondary N) is 3. The van der Waals surface area contributed by atoms with E-state index in [4.69, 9.17) is 47.0 Å². The predicted octanol–water partition coefficient (Wildman–Crippen LogP) is 0.752. The Balaban J connectivity index is 0.0000189. The third kappa shape index (κ3) is 38.0. The lowest BCUT2D eigenvalue weighted by molar-refractivity contribution is -0.282. The van der Waals surface area contributed by atoms with Crippen molar-refractivity contribution in [3.05, 3.63) is 0 Å². The summed E-state index contributed by atoms with van der Waals surface area (Å²) in [4.78, 5) is 126. The van der Waals surface area contributed by atoms with Gasteiger partial charge in [0, 0.05) is 132 Å². The molecule has 0 aliphatic carbocycles. The number of carbonyl (C=O) groups is 10. The summed E-state index contributed by atoms with van der Waals surface area (Å²) in [7, 11) is 0. The highest BCUT2D eigenvalue weighted by Gasteiger charge is 2.47. The smallest absolute Gasteiger partial charge is 0.220 e. The van der Waals surface area contributed by atoms with Crippen molar-refractivity contribution in [2.75, 3.05) is 79.3 Å². The number of hydrogen-bond acceptors (Lipinski definition) is 28. The molecule has 3 fully saturated rings. The van der Waals surface area contributed by atoms with Crippen LogP contribution in [0, 0.1) is 5.92 Å². The van der Waals surface area contributed by atoms with Crippen LogP contribution in [-0.4, -0.2) is 275 Å². The summed E-state index contributed by atoms with van der Waals surface area (Å²) in [5.41, 5.74) is 0.363. The van der Waals surface area contributed by atoms with E-state index in [2.05, 4.69) is 16.0 Å². The molecule has 3 rings (SSSR count). The Hall–Kier alpha value is -4.82. The molecule has 0 aromatic carbocycles. The fourth-order valence-electron chi connectivity index (χ4n) is 12.1. The molecule has 0 radical (unpaired) electrons. The SMILES string of the molecule is [3H]NC(=O)CCCC(=O)NC(COCCC(=O)CCCCCC(=O)CCCCOC1OC(CO)C(O)C(O)C1C)(COCCC(=O)CCCCCC(=O)CCCCOC1OC(CO)C(O)C(O)C1NC(C)=O)COCCC(=O)CCCCCC(=O)CCCCOC1OC(CO)C(O)C(O)C1NC(C)=O.[3H][3H]. The third-order valence-corrected chi connectivity index (χ3v) is 18.2. The number of amides is 4. The van der Waals surface area contributed by atoms with E-state index in [9.17, 15) is 93.9 Å². The third-order valence-electron chi connectivity index (χ3n) is 18.2. The lowest BCUT2D eigenvalue weighted by atomic mass is 9.92. The summed E-state index contributed by atoms with van der Waals surface area (Å²) < 4.78 is 69.2. The summed E-state index contributed by atoms with van der Waals surface area (Å²) in [6.45, 7) is 2.17. The minimum absolute atomic E-state index is 0.0149. The first-order chi connectivity index (χ1) is 50.8. The van der Waals surface area contributed by atoms with Gasteiger partial charge in [-0.25, -0.2) is 0 Å². The molecule has 0 aromatic heterocycles. The maximum atomic E-state index is 13.6. The maximum Gasteiger partial charge on any atom is 0.220 e. The fraction of sp³-hybridized carbons (Fsp3) is 0.859. The van der Waals surface area contributed by atoms with Crippen LogP contribution in [0.25, 0.3) is 0 Å². The van der Waals surface area contributed by atoms with E-state index in [-0.39, 0.29) is 165 Å². The van der Waals surface area contributed by atoms with Crippen molar-refractivity contribution in [2.45, 2.75) is 305 Å². The van der Waals surface area contributed by atoms with Gasteiger partial charge in [0.1, 0.15) is 101 Å². The molecule has 3 saturated heterocycles. The number of aliphatic hydroxyl groups excluding tert-OH is 9. The van der Waals surface area contributed by atoms with Gasteiger partial charge in [-0.3, -0.25) is 47.9 Å². The first kappa shape index (κ1) is 88.8. The van der Waals surface area contributed by atoms with E-state index >= 15 is 0 Å². The Morgan fingerprint density at radius 2 is 0.699 bits per heavy atom. The molecular weight excluding hydrogens is 1360 g/mol. The number of rotatable bonds is 61. The van der Waals surface area contributed by atoms with Crippen molar-refractivity contribution in [3.63, 3.8) is 0 Å². The second kappa shape index (κ2) is 53.0. The number of carbonyl (C=O) groups excluding carboxylic acids is 10. The molecule has 32 nitrogen and oxygen atoms in total. The van der Waals surface area contributed by atoms with Gasteiger partial charge in [0.15, 0.2) is 20.3 Å². The molecule has 3 aliphatic heterocycles. The van der Waals surface area contributed by atoms with Crippen LogP contribution >= 0.6 is 0 Å². The Labute approximate surface area is 609 Å². The van der Waals surface area contributed by atoms with E-state index in [1.54, 1.807) is 12.7 Å². The van der Waals surface area contributed by atoms with Crippen molar-refractivity contribution in [1.29, 1.82) is 0 Å². The molecule has 3 heterocycles. The number of primary amides is 1. The van der Waals surface area contributed by atoms with Crippen LogP contribution in [0.3, 0.4) is 0 Å². The summed E-state index contributed by atoms with van der Waals surface area (Å²) in [5.74, 6) is -2.75. The lowest BCUT2D eigenvalue weighted by Gasteiger charge is -2.42. The van der Waals surface area contributed by atoms with E-state index < -0.39 is 141 Å². The molecule has 4 amide bonds. The van der Waals surface area contributed by atoms with E-state index in [1.807, 2.05) is 0 Å². The van der Waals surface area contributed by atoms with E-state index in [0.717, 1.165) is 0 Å². The number of aliphatic hydroxyl groups is 9. The zero-order chi connectivity index (χ0) is 78.8. The first-order valence-corrected chi connectivity index (χ1v) is 36.9. The molecule has 0 bridgehead atoms. The number of nitrogens with two attached hydrogens (primary N) is 1. The zero-order valence-electron chi connectivity index (χ0n) is 63.6. The molecule has 3 aliphatic rings. The standard InChI is InChI=1S/C71H122N4O28.H2/c1-46-62(89)63(90)55(40-76)101-68(46)98-34-16-13-26-49(81)20-7-4-10-23-52(84)31-37-95-43-71(75-59(88)30-19-29-58(72)87,44-96-38-32-53(85)24-11-5-8-21-50(82)27-14-17-35-99-69-60(73-47(2)79)66(93)64(91)56(41-77)102-69)45-97-39-33-54(86)25-12-6-9-22-51(83)28-15-18-36-100-70-61(74-48(3)80)67(94)65(92)57(42-78)103-70;/h46,55-57,60-70,76-78,89-94H,4-45H2,1-3H3,(H2,72,87)(H,73,79)(H,74,80)(H,75,88);1H/i;1+2T/hT. The van der Waals surface area contributed by atoms with Gasteiger partial charge in [-0.15, -0.1) is 0 Å². The molecule has 0 spiro atoms. The second-order valence-corrected chi connectivity index (χ2v) is 27.3. The summed E-state index contributed by atoms with van der Waals surface area (Å²) in [6, 6.07) is -2.14. The second-order valence-electron chi connectivity index (χ2n) is 27.3. The molecule has 103 heavy (non-hydrogen) atoms. The van der Waals surface area contributed by atoms with Crippen LogP contribution in [0.15, 0.2) is 0 Å². The number of ether oxygens (including phenoxy) is 9. The lowest BCUT2D eigenvalue weighted by Crippen LogP contribution is -2.64. The normalized spacial score (nSPS) is 25.7. The van der Waals surface area contributed by atoms with Crippen LogP contribution in [-0.2, 0) is 90.6 Å². The van der Waals surface area contributed by atoms with Crippen LogP contribution in [0.1, 0.15) is 216 Å². The van der Waals surface area contributed by atoms with Crippen molar-refractivity contribution in [2.24, 2.45) is 11.6 Å². The van der Waals surface area contributed by atoms with Crippen molar-refractivity contribution >= 4 is 58.3 Å². The molecular formula is C71H124N4O28. The van der Waals surface area contributed by atoms with Gasteiger partial charge in [-0.05, 0) is 83.5 Å². The van der Waals surface area contributed by atoms with Gasteiger partial charge in [-0.2, -0.15) is 0 Å². The summed E-state index contributed by atoms with van der Waals surface area (Å²) in [6.07, 6.45) is -3.80. The monoisotopic (exact) mass is 1490 g/mol. The number of ketones is 6. The van der Waals surface area contributed by atoms with Gasteiger partial charge in [0.2, 0.25) is 23.6 Å². The maximum absolute atomic E-state index is 13.6. The Morgan fingerprint density at radius 3 is 1.02 bits per heavy atom. The highest BCUT2D eigenvalue weighted by atomic mass is 16.7. The van der Waals surface area contributed by atoms with Gasteiger partial charge >= 0.3 is 0 Å². The molecule has 0 aromatic rings. The summed E-state index contributed by atoms with van der Waals surface area (Å²) in [5, 5.41) is 98.3. The van der Waals surface area contributed by atoms with Gasteiger partial charge < -0.3 is 110 Å². The molecule has 0 saturated carbocycles. The Morgan fingerprint density at radius 1 is 0.398 bits per heavy atom. The van der Waals surface area contributed by atoms with Crippen molar-refractivity contribution < 1.29 is 141 Å². The quantitative estimate of drug-likeness (QED) is 0.0374. The van der Waals surface area contributed by atoms with E-state index in [1.165, 1.54) is 13.8 Å². The highest BCUT2D eigenvalue weighted by Crippen LogP contribution is 2.28. The zero-order valence-corrected chi connectivity index (χ0v) is 60.6. The molecule has 596 valence electrons. The minimum Gasteiger partial charge on any atom is -0.394 e. The predicted molar refractivity (Wildman–Crippen MR) is 369 cm³/mol. The number of unbranched alkanes of at least 4 members (excludes halogenated alkanes) is 9. The van der Waals surface area contributed by atoms with E-state index in [0.29, 0.717) is 122 Å². The largest absolute Gasteiger partial charge is 0.394 e. The van der Waals surface area contributed by atoms with Crippen LogP contribution in [0.4, 0.5) is 0 Å². The minimum atomic E-state index is -1.44. The number of Topliss-reactive ketones (excluding diaryl/α,β-unsaturated/α-hetero) is 6. The Kier molecular flexibility index (Phi) is 45.7. The molecule has 15 unspecified atom stereocenters. The van der Waals surface area contributed by atoms with Gasteiger partial charge in [0.05, 0.1) is 65.6 Å². The topological polar surface area (TPSA) is 498 Å². The van der Waals surface area contributed by atoms with Gasteiger partial charge in [-0.1, -0.05) is 26.2 Å². The van der Waals surface area contributed by atoms with Crippen molar-refractivity contribution in [3.8, 4) is 0 Å². The fourth-order valence-corrected chi connectivity index (χ4v) is 12.1. The average molecular weight is 1490 g/mol. The van der Waals surface area contributed by atoms with Gasteiger partial charge in [0.25, 0.3) is 0 Å². The van der Waals surface area contributed by atoms with Crippen LogP contribution in [0.2, 0.25) is 1.41 Å². The van der Waals surface area contributed by atoms with Crippen LogP contribution < -0.4 is 21.7 Å². The molecule has 15 atom stereocenters. The molecule has 32 heteroatoms. The molecule has 14 N–H and O–H groups in total. The average Bonchev–Trinajstić information content (AvgIpc) is 0.822. The van der Waals surface area contributed by atoms with Crippen molar-refractivity contribution in [1.82, 2.24) is 16.0 Å². The number of hydrogen-bond donors (Lipinski definition) is 13. The highest BCUT2D eigenvalue weighted by molar-refractivity contribution is 5.81. The Bertz CT molecular complexity index is 2430. The summed E-state index contributed by atoms with van der Waals surface area (Å²) >= 11 is 0. The first-order valence-electron chi connectivity index (χ1n) is 38.4.